The predicted octanol–water partition coefficient (Wildman–Crippen LogP) is 3.26. The molecule has 1 aliphatic carbocycles. The van der Waals surface area contributed by atoms with E-state index in [1.165, 1.54) is 32.1 Å². The third-order valence-electron chi connectivity index (χ3n) is 3.14. The molecule has 17 heavy (non-hydrogen) atoms. The van der Waals surface area contributed by atoms with Gasteiger partial charge in [0.1, 0.15) is 5.78 Å². The molecule has 2 nitrogen and oxygen atoms in total. The molecule has 0 spiro atoms. The standard InChI is InChI=1S/C14H19NOS/c16-13(10-12-6-4-5-9-15-12)11-17-14-7-2-1-3-8-14/h4-6,9,14H,1-3,7-8,10-11H2. The third kappa shape index (κ3) is 4.50. The van der Waals surface area contributed by atoms with Gasteiger partial charge in [0.2, 0.25) is 0 Å². The van der Waals surface area contributed by atoms with Crippen molar-refractivity contribution in [1.82, 2.24) is 4.98 Å². The minimum absolute atomic E-state index is 0.305. The minimum atomic E-state index is 0.305. The maximum absolute atomic E-state index is 11.8. The summed E-state index contributed by atoms with van der Waals surface area (Å²) in [5.41, 5.74) is 0.891. The lowest BCUT2D eigenvalue weighted by atomic mass is 10.0. The first kappa shape index (κ1) is 12.6. The Bertz CT molecular complexity index is 346. The quantitative estimate of drug-likeness (QED) is 0.802. The lowest BCUT2D eigenvalue weighted by Crippen LogP contribution is -2.13. The smallest absolute Gasteiger partial charge is 0.148 e. The first-order chi connectivity index (χ1) is 8.34. The number of hydrogen-bond acceptors (Lipinski definition) is 3. The van der Waals surface area contributed by atoms with E-state index in [0.29, 0.717) is 18.0 Å². The average molecular weight is 249 g/mol. The Morgan fingerprint density at radius 2 is 2.12 bits per heavy atom. The number of carbonyl (C=O) groups excluding carboxylic acids is 1. The zero-order valence-electron chi connectivity index (χ0n) is 10.1. The zero-order chi connectivity index (χ0) is 11.9. The fraction of sp³-hybridized carbons (Fsp3) is 0.571. The van der Waals surface area contributed by atoms with E-state index in [-0.39, 0.29) is 0 Å². The Morgan fingerprint density at radius 1 is 1.29 bits per heavy atom. The largest absolute Gasteiger partial charge is 0.298 e. The van der Waals surface area contributed by atoms with E-state index in [2.05, 4.69) is 4.98 Å². The molecule has 3 heteroatoms. The highest BCUT2D eigenvalue weighted by molar-refractivity contribution is 8.00. The topological polar surface area (TPSA) is 30.0 Å². The minimum Gasteiger partial charge on any atom is -0.298 e. The van der Waals surface area contributed by atoms with Gasteiger partial charge >= 0.3 is 0 Å². The number of ketones is 1. The first-order valence-corrected chi connectivity index (χ1v) is 7.42. The van der Waals surface area contributed by atoms with E-state index in [1.54, 1.807) is 6.20 Å². The van der Waals surface area contributed by atoms with Gasteiger partial charge in [-0.1, -0.05) is 25.3 Å². The van der Waals surface area contributed by atoms with E-state index in [4.69, 9.17) is 0 Å². The van der Waals surface area contributed by atoms with E-state index in [0.717, 1.165) is 10.9 Å². The van der Waals surface area contributed by atoms with Gasteiger partial charge in [-0.2, -0.15) is 11.8 Å². The van der Waals surface area contributed by atoms with Crippen molar-refractivity contribution in [2.24, 2.45) is 0 Å². The molecule has 1 aromatic rings. The van der Waals surface area contributed by atoms with Crippen LogP contribution in [0, 0.1) is 0 Å². The molecular formula is C14H19NOS. The van der Waals surface area contributed by atoms with Crippen LogP contribution in [0.5, 0.6) is 0 Å². The van der Waals surface area contributed by atoms with E-state index in [1.807, 2.05) is 30.0 Å². The molecule has 1 fully saturated rings. The fourth-order valence-electron chi connectivity index (χ4n) is 2.20. The summed E-state index contributed by atoms with van der Waals surface area (Å²) in [6.07, 6.45) is 8.87. The van der Waals surface area contributed by atoms with Crippen molar-refractivity contribution in [2.75, 3.05) is 5.75 Å². The molecule has 0 amide bonds. The van der Waals surface area contributed by atoms with Gasteiger partial charge in [-0.3, -0.25) is 9.78 Å². The molecule has 0 aliphatic heterocycles. The summed E-state index contributed by atoms with van der Waals surface area (Å²) in [6.45, 7) is 0. The van der Waals surface area contributed by atoms with Gasteiger partial charge in [0.15, 0.2) is 0 Å². The van der Waals surface area contributed by atoms with Crippen LogP contribution in [-0.4, -0.2) is 21.8 Å². The van der Waals surface area contributed by atoms with Gasteiger partial charge in [0.25, 0.3) is 0 Å². The second kappa shape index (κ2) is 6.80. The van der Waals surface area contributed by atoms with Gasteiger partial charge in [-0.15, -0.1) is 0 Å². The summed E-state index contributed by atoms with van der Waals surface area (Å²) < 4.78 is 0. The Labute approximate surface area is 107 Å². The lowest BCUT2D eigenvalue weighted by Gasteiger charge is -2.20. The van der Waals surface area contributed by atoms with Crippen LogP contribution < -0.4 is 0 Å². The molecule has 0 radical (unpaired) electrons. The number of nitrogens with zero attached hydrogens (tertiary/aromatic N) is 1. The van der Waals surface area contributed by atoms with E-state index >= 15 is 0 Å². The second-order valence-corrected chi connectivity index (χ2v) is 5.90. The SMILES string of the molecule is O=C(CSC1CCCCC1)Cc1ccccn1. The van der Waals surface area contributed by atoms with Crippen LogP contribution in [0.4, 0.5) is 0 Å². The number of pyridine rings is 1. The normalized spacial score (nSPS) is 16.9. The third-order valence-corrected chi connectivity index (χ3v) is 4.57. The number of thioether (sulfide) groups is 1. The Balaban J connectivity index is 1.70. The molecular weight excluding hydrogens is 230 g/mol. The molecule has 0 aromatic carbocycles. The van der Waals surface area contributed by atoms with E-state index in [9.17, 15) is 4.79 Å². The summed E-state index contributed by atoms with van der Waals surface area (Å²) in [5, 5.41) is 0.719. The number of carbonyl (C=O) groups is 1. The maximum atomic E-state index is 11.8. The van der Waals surface area contributed by atoms with Crippen molar-refractivity contribution in [2.45, 2.75) is 43.8 Å². The number of rotatable bonds is 5. The van der Waals surface area contributed by atoms with Crippen LogP contribution in [0.2, 0.25) is 0 Å². The molecule has 0 saturated heterocycles. The second-order valence-electron chi connectivity index (χ2n) is 4.61. The van der Waals surface area contributed by atoms with Crippen LogP contribution in [0.3, 0.4) is 0 Å². The first-order valence-electron chi connectivity index (χ1n) is 6.38. The molecule has 1 saturated carbocycles. The Morgan fingerprint density at radius 3 is 2.82 bits per heavy atom. The van der Waals surface area contributed by atoms with Crippen LogP contribution >= 0.6 is 11.8 Å². The molecule has 0 atom stereocenters. The maximum Gasteiger partial charge on any atom is 0.148 e. The van der Waals surface area contributed by atoms with Crippen LogP contribution in [0.15, 0.2) is 24.4 Å². The highest BCUT2D eigenvalue weighted by Gasteiger charge is 2.15. The summed E-state index contributed by atoms with van der Waals surface area (Å²) >= 11 is 1.85. The molecule has 1 heterocycles. The Hall–Kier alpha value is -0.830. The Kier molecular flexibility index (Phi) is 5.05. The molecule has 0 bridgehead atoms. The summed E-state index contributed by atoms with van der Waals surface area (Å²) in [5.74, 6) is 0.959. The molecule has 1 aliphatic rings. The van der Waals surface area contributed by atoms with Crippen molar-refractivity contribution in [3.05, 3.63) is 30.1 Å². The monoisotopic (exact) mass is 249 g/mol. The highest BCUT2D eigenvalue weighted by Crippen LogP contribution is 2.28. The van der Waals surface area contributed by atoms with Gasteiger partial charge < -0.3 is 0 Å². The van der Waals surface area contributed by atoms with E-state index < -0.39 is 0 Å². The summed E-state index contributed by atoms with van der Waals surface area (Å²) in [4.78, 5) is 16.0. The van der Waals surface area contributed by atoms with Crippen LogP contribution in [-0.2, 0) is 11.2 Å². The number of Topliss-reactive ketones (excluding diaryl/α,β-unsaturated/α-hetero) is 1. The molecule has 1 aromatic heterocycles. The van der Waals surface area contributed by atoms with Crippen LogP contribution in [0.25, 0.3) is 0 Å². The molecule has 92 valence electrons. The number of aromatic nitrogens is 1. The molecule has 2 rings (SSSR count). The van der Waals surface area contributed by atoms with Gasteiger partial charge in [-0.25, -0.2) is 0 Å². The van der Waals surface area contributed by atoms with Crippen molar-refractivity contribution in [3.63, 3.8) is 0 Å². The average Bonchev–Trinajstić information content (AvgIpc) is 2.39. The summed E-state index contributed by atoms with van der Waals surface area (Å²) in [6, 6.07) is 5.73. The number of hydrogen-bond donors (Lipinski definition) is 0. The van der Waals surface area contributed by atoms with Crippen LogP contribution in [0.1, 0.15) is 37.8 Å². The molecule has 0 N–H and O–H groups in total. The van der Waals surface area contributed by atoms with Crippen molar-refractivity contribution < 1.29 is 4.79 Å². The predicted molar refractivity (Wildman–Crippen MR) is 72.3 cm³/mol. The fourth-order valence-corrected chi connectivity index (χ4v) is 3.39. The van der Waals surface area contributed by atoms with Gasteiger partial charge in [0, 0.05) is 23.6 Å². The van der Waals surface area contributed by atoms with Crippen molar-refractivity contribution in [3.8, 4) is 0 Å². The lowest BCUT2D eigenvalue weighted by molar-refractivity contribution is -0.116. The highest BCUT2D eigenvalue weighted by atomic mass is 32.2. The van der Waals surface area contributed by atoms with Gasteiger partial charge in [0.05, 0.1) is 5.75 Å². The van der Waals surface area contributed by atoms with Gasteiger partial charge in [-0.05, 0) is 25.0 Å². The summed E-state index contributed by atoms with van der Waals surface area (Å²) in [7, 11) is 0. The molecule has 0 unspecified atom stereocenters. The van der Waals surface area contributed by atoms with Crippen molar-refractivity contribution in [1.29, 1.82) is 0 Å². The van der Waals surface area contributed by atoms with Crippen molar-refractivity contribution >= 4 is 17.5 Å². The zero-order valence-corrected chi connectivity index (χ0v) is 10.9.